The fourth-order valence-electron chi connectivity index (χ4n) is 4.82. The van der Waals surface area contributed by atoms with Crippen LogP contribution in [0, 0.1) is 5.92 Å². The van der Waals surface area contributed by atoms with Crippen LogP contribution in [0.4, 0.5) is 4.79 Å². The first-order chi connectivity index (χ1) is 17.0. The molecule has 2 aliphatic heterocycles. The summed E-state index contributed by atoms with van der Waals surface area (Å²) in [5.41, 5.74) is 1.59. The number of piperidine rings is 1. The Bertz CT molecular complexity index is 1050. The number of ether oxygens (including phenoxy) is 2. The van der Waals surface area contributed by atoms with E-state index in [0.29, 0.717) is 45.9 Å². The Morgan fingerprint density at radius 3 is 2.66 bits per heavy atom. The summed E-state index contributed by atoms with van der Waals surface area (Å²) in [5.74, 6) is -0.699. The predicted molar refractivity (Wildman–Crippen MR) is 127 cm³/mol. The molecule has 3 amide bonds. The van der Waals surface area contributed by atoms with Crippen LogP contribution in [0.5, 0.6) is 0 Å². The topological polar surface area (TPSA) is 126 Å². The molecule has 0 bridgehead atoms. The Labute approximate surface area is 204 Å². The van der Waals surface area contributed by atoms with Crippen LogP contribution < -0.4 is 5.32 Å². The Hall–Kier alpha value is -3.18. The van der Waals surface area contributed by atoms with Crippen LogP contribution >= 0.6 is 0 Å². The van der Waals surface area contributed by atoms with Crippen molar-refractivity contribution in [2.24, 2.45) is 5.92 Å². The normalized spacial score (nSPS) is 20.7. The van der Waals surface area contributed by atoms with E-state index in [1.54, 1.807) is 12.0 Å². The van der Waals surface area contributed by atoms with Crippen molar-refractivity contribution in [2.75, 3.05) is 53.1 Å². The van der Waals surface area contributed by atoms with Crippen LogP contribution in [0.2, 0.25) is 0 Å². The highest BCUT2D eigenvalue weighted by molar-refractivity contribution is 5.95. The largest absolute Gasteiger partial charge is 0.465 e. The predicted octanol–water partition coefficient (Wildman–Crippen LogP) is 1.42. The molecule has 2 atom stereocenters. The third-order valence-corrected chi connectivity index (χ3v) is 6.57. The highest BCUT2D eigenvalue weighted by Crippen LogP contribution is 2.22. The minimum Gasteiger partial charge on any atom is -0.465 e. The maximum absolute atomic E-state index is 13.3. The van der Waals surface area contributed by atoms with Crippen molar-refractivity contribution in [3.63, 3.8) is 0 Å². The summed E-state index contributed by atoms with van der Waals surface area (Å²) in [6.45, 7) is 3.43. The summed E-state index contributed by atoms with van der Waals surface area (Å²) in [6, 6.07) is 7.08. The Morgan fingerprint density at radius 1 is 1.14 bits per heavy atom. The number of likely N-dealkylation sites (tertiary alicyclic amines) is 1. The number of nitrogens with one attached hydrogen (secondary N) is 1. The lowest BCUT2D eigenvalue weighted by Gasteiger charge is -2.38. The molecule has 2 saturated heterocycles. The molecule has 0 aliphatic carbocycles. The van der Waals surface area contributed by atoms with Gasteiger partial charge in [-0.15, -0.1) is 0 Å². The van der Waals surface area contributed by atoms with Gasteiger partial charge in [0.2, 0.25) is 5.91 Å². The lowest BCUT2D eigenvalue weighted by Crippen LogP contribution is -2.56. The van der Waals surface area contributed by atoms with Gasteiger partial charge >= 0.3 is 6.09 Å². The molecule has 2 fully saturated rings. The van der Waals surface area contributed by atoms with E-state index < -0.39 is 18.1 Å². The fourth-order valence-corrected chi connectivity index (χ4v) is 4.82. The quantitative estimate of drug-likeness (QED) is 0.539. The second-order valence-corrected chi connectivity index (χ2v) is 9.00. The first-order valence-electron chi connectivity index (χ1n) is 12.1. The van der Waals surface area contributed by atoms with Crippen molar-refractivity contribution in [2.45, 2.75) is 31.8 Å². The summed E-state index contributed by atoms with van der Waals surface area (Å²) in [5, 5.41) is 12.6. The van der Waals surface area contributed by atoms with Crippen LogP contribution in [0.3, 0.4) is 0 Å². The number of carbonyl (C=O) groups excluding carboxylic acids is 2. The number of aryl methyl sites for hydroxylation is 1. The van der Waals surface area contributed by atoms with E-state index in [2.05, 4.69) is 10.3 Å². The maximum atomic E-state index is 13.3. The van der Waals surface area contributed by atoms with Crippen LogP contribution in [-0.2, 0) is 20.8 Å². The molecule has 11 heteroatoms. The molecule has 4 rings (SSSR count). The molecule has 0 saturated carbocycles. The van der Waals surface area contributed by atoms with Crippen LogP contribution in [0.15, 0.2) is 24.3 Å². The first kappa shape index (κ1) is 24.9. The lowest BCUT2D eigenvalue weighted by atomic mass is 9.92. The third-order valence-electron chi connectivity index (χ3n) is 6.57. The molecule has 2 aromatic rings. The van der Waals surface area contributed by atoms with E-state index >= 15 is 0 Å². The van der Waals surface area contributed by atoms with Gasteiger partial charge in [0.25, 0.3) is 5.91 Å². The third kappa shape index (κ3) is 5.91. The Morgan fingerprint density at radius 2 is 1.91 bits per heavy atom. The van der Waals surface area contributed by atoms with E-state index in [1.807, 2.05) is 28.8 Å². The second kappa shape index (κ2) is 11.5. The van der Waals surface area contributed by atoms with Gasteiger partial charge in [-0.1, -0.05) is 12.1 Å². The van der Waals surface area contributed by atoms with Gasteiger partial charge in [-0.05, 0) is 31.4 Å². The number of methoxy groups -OCH3 is 1. The maximum Gasteiger partial charge on any atom is 0.407 e. The van der Waals surface area contributed by atoms with Gasteiger partial charge in [0, 0.05) is 52.5 Å². The van der Waals surface area contributed by atoms with E-state index in [1.165, 1.54) is 4.90 Å². The van der Waals surface area contributed by atoms with Gasteiger partial charge in [-0.2, -0.15) is 0 Å². The SMILES string of the molecule is COCCCCn1c(C(=O)N[C@H]2C[C@@H](C(=O)N3CCOCC3)CN(C(=O)O)C2)nc2ccccc21. The first-order valence-corrected chi connectivity index (χ1v) is 12.1. The summed E-state index contributed by atoms with van der Waals surface area (Å²) in [6.07, 6.45) is 0.945. The Kier molecular flexibility index (Phi) is 8.19. The number of imidazole rings is 1. The molecule has 1 aromatic heterocycles. The smallest absolute Gasteiger partial charge is 0.407 e. The monoisotopic (exact) mass is 487 g/mol. The molecular formula is C24H33N5O6. The molecular weight excluding hydrogens is 454 g/mol. The summed E-state index contributed by atoms with van der Waals surface area (Å²) in [7, 11) is 1.66. The molecule has 11 nitrogen and oxygen atoms in total. The molecule has 1 aromatic carbocycles. The minimum absolute atomic E-state index is 0.0936. The number of hydrogen-bond donors (Lipinski definition) is 2. The molecule has 3 heterocycles. The van der Waals surface area contributed by atoms with E-state index in [9.17, 15) is 19.5 Å². The van der Waals surface area contributed by atoms with E-state index in [4.69, 9.17) is 9.47 Å². The number of morpholine rings is 1. The number of aromatic nitrogens is 2. The second-order valence-electron chi connectivity index (χ2n) is 9.00. The van der Waals surface area contributed by atoms with Crippen molar-refractivity contribution in [1.82, 2.24) is 24.7 Å². The van der Waals surface area contributed by atoms with Crippen LogP contribution in [0.1, 0.15) is 29.9 Å². The minimum atomic E-state index is -1.10. The van der Waals surface area contributed by atoms with Gasteiger partial charge in [-0.3, -0.25) is 9.59 Å². The van der Waals surface area contributed by atoms with Crippen molar-refractivity contribution in [3.05, 3.63) is 30.1 Å². The van der Waals surface area contributed by atoms with Gasteiger partial charge in [0.1, 0.15) is 0 Å². The Balaban J connectivity index is 1.50. The number of rotatable bonds is 8. The number of carbonyl (C=O) groups is 3. The zero-order valence-corrected chi connectivity index (χ0v) is 20.0. The summed E-state index contributed by atoms with van der Waals surface area (Å²) in [4.78, 5) is 45.7. The number of para-hydroxylation sites is 2. The molecule has 190 valence electrons. The van der Waals surface area contributed by atoms with Crippen LogP contribution in [-0.4, -0.2) is 102 Å². The standard InChI is InChI=1S/C24H33N5O6/c1-34-11-5-4-8-29-20-7-3-2-6-19(20)26-21(29)22(30)25-18-14-17(15-28(16-18)24(32)33)23(31)27-9-12-35-13-10-27/h2-3,6-7,17-18H,4-5,8-16H2,1H3,(H,25,30)(H,32,33)/t17-,18+/m1/s1. The van der Waals surface area contributed by atoms with Crippen molar-refractivity contribution in [1.29, 1.82) is 0 Å². The number of carboxylic acid groups (broad SMARTS) is 1. The van der Waals surface area contributed by atoms with Crippen molar-refractivity contribution < 1.29 is 29.0 Å². The number of nitrogens with zero attached hydrogens (tertiary/aromatic N) is 4. The zero-order valence-electron chi connectivity index (χ0n) is 20.0. The zero-order chi connectivity index (χ0) is 24.8. The van der Waals surface area contributed by atoms with Gasteiger partial charge in [0.15, 0.2) is 5.82 Å². The average Bonchev–Trinajstić information content (AvgIpc) is 3.25. The number of fused-ring (bicyclic) bond motifs is 1. The molecule has 0 radical (unpaired) electrons. The summed E-state index contributed by atoms with van der Waals surface area (Å²) < 4.78 is 12.4. The summed E-state index contributed by atoms with van der Waals surface area (Å²) >= 11 is 0. The van der Waals surface area contributed by atoms with Crippen molar-refractivity contribution >= 4 is 28.9 Å². The highest BCUT2D eigenvalue weighted by atomic mass is 16.5. The molecule has 35 heavy (non-hydrogen) atoms. The van der Waals surface area contributed by atoms with Gasteiger partial charge in [-0.25, -0.2) is 9.78 Å². The molecule has 0 unspecified atom stereocenters. The lowest BCUT2D eigenvalue weighted by molar-refractivity contribution is -0.141. The highest BCUT2D eigenvalue weighted by Gasteiger charge is 2.37. The fraction of sp³-hybridized carbons (Fsp3) is 0.583. The molecule has 0 spiro atoms. The molecule has 2 N–H and O–H groups in total. The van der Waals surface area contributed by atoms with E-state index in [0.717, 1.165) is 23.9 Å². The van der Waals surface area contributed by atoms with Gasteiger partial charge < -0.3 is 34.3 Å². The number of unbranched alkanes of at least 4 members (excludes halogenated alkanes) is 1. The van der Waals surface area contributed by atoms with E-state index in [-0.39, 0.29) is 30.7 Å². The van der Waals surface area contributed by atoms with Crippen molar-refractivity contribution in [3.8, 4) is 0 Å². The average molecular weight is 488 g/mol. The number of hydrogen-bond acceptors (Lipinski definition) is 6. The van der Waals surface area contributed by atoms with Gasteiger partial charge in [0.05, 0.1) is 30.2 Å². The number of benzene rings is 1. The number of amides is 3. The van der Waals surface area contributed by atoms with Crippen LogP contribution in [0.25, 0.3) is 11.0 Å². The molecule has 2 aliphatic rings.